The van der Waals surface area contributed by atoms with Crippen molar-refractivity contribution in [2.75, 3.05) is 0 Å². The van der Waals surface area contributed by atoms with Crippen LogP contribution in [0, 0.1) is 5.92 Å². The number of hydrogen-bond donors (Lipinski definition) is 1. The zero-order valence-corrected chi connectivity index (χ0v) is 17.3. The fourth-order valence-electron chi connectivity index (χ4n) is 4.95. The van der Waals surface area contributed by atoms with Gasteiger partial charge in [0, 0.05) is 17.4 Å². The van der Waals surface area contributed by atoms with Crippen molar-refractivity contribution in [1.29, 1.82) is 0 Å². The molecule has 2 aromatic heterocycles. The predicted octanol–water partition coefficient (Wildman–Crippen LogP) is 4.21. The quantitative estimate of drug-likeness (QED) is 0.603. The Labute approximate surface area is 188 Å². The summed E-state index contributed by atoms with van der Waals surface area (Å²) >= 11 is 0. The molecule has 3 saturated carbocycles. The standard InChI is InChI=1S/C20H18F6N4O4/c21-19(22,23)33-10-1-2-14(27-8-10)15(31)28-18-4-3-13(18)12(7-18)17-30-29-16(32-17)9-5-11(6-9)34-20(24,25)26/h1-2,8-9,11-13H,3-7H2,(H,28,31)/t9-,11+,12?,13?,18?. The number of ether oxygens (including phenoxy) is 2. The Balaban J connectivity index is 1.15. The van der Waals surface area contributed by atoms with E-state index in [0.717, 1.165) is 31.2 Å². The molecule has 0 radical (unpaired) electrons. The lowest BCUT2D eigenvalue weighted by molar-refractivity contribution is -0.352. The lowest BCUT2D eigenvalue weighted by Gasteiger charge is -2.62. The number of carbonyl (C=O) groups is 1. The van der Waals surface area contributed by atoms with Gasteiger partial charge in [0.15, 0.2) is 0 Å². The van der Waals surface area contributed by atoms with Gasteiger partial charge in [0.2, 0.25) is 11.8 Å². The number of fused-ring (bicyclic) bond motifs is 1. The second-order valence-corrected chi connectivity index (χ2v) is 8.83. The van der Waals surface area contributed by atoms with Gasteiger partial charge in [0.05, 0.1) is 12.3 Å². The number of pyridine rings is 1. The number of rotatable bonds is 6. The van der Waals surface area contributed by atoms with Gasteiger partial charge in [-0.1, -0.05) is 0 Å². The maximum Gasteiger partial charge on any atom is 0.573 e. The van der Waals surface area contributed by atoms with Gasteiger partial charge in [0.1, 0.15) is 11.4 Å². The molecular formula is C20H18F6N4O4. The van der Waals surface area contributed by atoms with Gasteiger partial charge in [-0.2, -0.15) is 0 Å². The number of aromatic nitrogens is 3. The van der Waals surface area contributed by atoms with E-state index in [-0.39, 0.29) is 42.2 Å². The molecule has 0 saturated heterocycles. The zero-order chi connectivity index (χ0) is 24.3. The molecule has 0 aromatic carbocycles. The largest absolute Gasteiger partial charge is 0.573 e. The fraction of sp³-hybridized carbons (Fsp3) is 0.600. The molecule has 14 heteroatoms. The SMILES string of the molecule is O=C(NC12CCC1C(c1nnc([C@H]3C[C@@H](OC(F)(F)F)C3)o1)C2)c1ccc(OC(F)(F)F)cn1. The van der Waals surface area contributed by atoms with Gasteiger partial charge in [-0.3, -0.25) is 9.53 Å². The number of nitrogens with zero attached hydrogens (tertiary/aromatic N) is 3. The monoisotopic (exact) mass is 492 g/mol. The predicted molar refractivity (Wildman–Crippen MR) is 98.4 cm³/mol. The smallest absolute Gasteiger partial charge is 0.425 e. The molecule has 184 valence electrons. The van der Waals surface area contributed by atoms with Crippen molar-refractivity contribution in [3.63, 3.8) is 0 Å². The van der Waals surface area contributed by atoms with E-state index in [1.807, 2.05) is 0 Å². The van der Waals surface area contributed by atoms with Crippen molar-refractivity contribution in [2.45, 2.75) is 68.3 Å². The topological polar surface area (TPSA) is 99.4 Å². The maximum absolute atomic E-state index is 12.6. The summed E-state index contributed by atoms with van der Waals surface area (Å²) < 4.78 is 87.0. The number of amides is 1. The van der Waals surface area contributed by atoms with E-state index in [1.54, 1.807) is 0 Å². The summed E-state index contributed by atoms with van der Waals surface area (Å²) in [6.07, 6.45) is -7.26. The summed E-state index contributed by atoms with van der Waals surface area (Å²) in [6.45, 7) is 0. The number of hydrogen-bond acceptors (Lipinski definition) is 7. The molecular weight excluding hydrogens is 474 g/mol. The van der Waals surface area contributed by atoms with Crippen LogP contribution in [0.5, 0.6) is 5.75 Å². The molecule has 3 unspecified atom stereocenters. The molecule has 5 rings (SSSR count). The number of halogens is 6. The third-order valence-electron chi connectivity index (χ3n) is 6.76. The van der Waals surface area contributed by atoms with Crippen LogP contribution in [0.3, 0.4) is 0 Å². The van der Waals surface area contributed by atoms with Crippen molar-refractivity contribution in [3.8, 4) is 5.75 Å². The lowest BCUT2D eigenvalue weighted by atomic mass is 9.47. The summed E-state index contributed by atoms with van der Waals surface area (Å²) in [4.78, 5) is 16.3. The van der Waals surface area contributed by atoms with Crippen LogP contribution in [-0.2, 0) is 4.74 Å². The minimum absolute atomic E-state index is 0.0419. The van der Waals surface area contributed by atoms with E-state index in [4.69, 9.17) is 4.42 Å². The van der Waals surface area contributed by atoms with E-state index in [1.165, 1.54) is 0 Å². The van der Waals surface area contributed by atoms with Crippen LogP contribution < -0.4 is 10.1 Å². The second kappa shape index (κ2) is 7.82. The highest BCUT2D eigenvalue weighted by Gasteiger charge is 2.62. The van der Waals surface area contributed by atoms with Crippen LogP contribution in [0.4, 0.5) is 26.3 Å². The van der Waals surface area contributed by atoms with E-state index >= 15 is 0 Å². The highest BCUT2D eigenvalue weighted by atomic mass is 19.4. The molecule has 3 aliphatic rings. The van der Waals surface area contributed by atoms with Crippen molar-refractivity contribution >= 4 is 5.91 Å². The highest BCUT2D eigenvalue weighted by Crippen LogP contribution is 2.61. The van der Waals surface area contributed by atoms with Crippen LogP contribution >= 0.6 is 0 Å². The van der Waals surface area contributed by atoms with E-state index in [9.17, 15) is 31.1 Å². The van der Waals surface area contributed by atoms with Gasteiger partial charge in [-0.25, -0.2) is 4.98 Å². The van der Waals surface area contributed by atoms with Crippen LogP contribution in [0.2, 0.25) is 0 Å². The zero-order valence-electron chi connectivity index (χ0n) is 17.3. The Morgan fingerprint density at radius 1 is 1.09 bits per heavy atom. The van der Waals surface area contributed by atoms with Gasteiger partial charge in [-0.05, 0) is 50.2 Å². The molecule has 8 nitrogen and oxygen atoms in total. The number of carbonyl (C=O) groups excluding carboxylic acids is 1. The van der Waals surface area contributed by atoms with Crippen LogP contribution in [-0.4, -0.2) is 45.5 Å². The van der Waals surface area contributed by atoms with Gasteiger partial charge >= 0.3 is 12.7 Å². The minimum Gasteiger partial charge on any atom is -0.425 e. The molecule has 1 amide bonds. The molecule has 3 fully saturated rings. The van der Waals surface area contributed by atoms with Crippen molar-refractivity contribution in [2.24, 2.45) is 5.92 Å². The van der Waals surface area contributed by atoms with Crippen LogP contribution in [0.15, 0.2) is 22.7 Å². The normalized spacial score (nSPS) is 30.4. The first kappa shape index (κ1) is 22.9. The minimum atomic E-state index is -4.85. The van der Waals surface area contributed by atoms with Crippen molar-refractivity contribution in [1.82, 2.24) is 20.5 Å². The first-order valence-corrected chi connectivity index (χ1v) is 10.5. The maximum atomic E-state index is 12.6. The molecule has 0 spiro atoms. The second-order valence-electron chi connectivity index (χ2n) is 8.83. The summed E-state index contributed by atoms with van der Waals surface area (Å²) in [7, 11) is 0. The Morgan fingerprint density at radius 2 is 1.82 bits per heavy atom. The Morgan fingerprint density at radius 3 is 2.38 bits per heavy atom. The molecule has 0 bridgehead atoms. The average molecular weight is 492 g/mol. The Hall–Kier alpha value is -2.90. The summed E-state index contributed by atoms with van der Waals surface area (Å²) in [5.41, 5.74) is -0.528. The lowest BCUT2D eigenvalue weighted by Crippen LogP contribution is -2.69. The first-order chi connectivity index (χ1) is 15.9. The summed E-state index contributed by atoms with van der Waals surface area (Å²) in [6, 6.07) is 2.16. The molecule has 3 atom stereocenters. The third-order valence-corrected chi connectivity index (χ3v) is 6.76. The van der Waals surface area contributed by atoms with Gasteiger partial charge in [0.25, 0.3) is 5.91 Å². The molecule has 1 N–H and O–H groups in total. The molecule has 2 heterocycles. The van der Waals surface area contributed by atoms with Crippen LogP contribution in [0.1, 0.15) is 66.2 Å². The average Bonchev–Trinajstić information content (AvgIpc) is 3.16. The van der Waals surface area contributed by atoms with Crippen molar-refractivity contribution < 1.29 is 45.0 Å². The van der Waals surface area contributed by atoms with E-state index in [0.29, 0.717) is 12.3 Å². The fourth-order valence-corrected chi connectivity index (χ4v) is 4.95. The van der Waals surface area contributed by atoms with Crippen LogP contribution in [0.25, 0.3) is 0 Å². The Bertz CT molecular complexity index is 1070. The third kappa shape index (κ3) is 4.42. The van der Waals surface area contributed by atoms with Gasteiger partial charge in [-0.15, -0.1) is 36.5 Å². The Kier molecular flexibility index (Phi) is 5.26. The molecule has 34 heavy (non-hydrogen) atoms. The van der Waals surface area contributed by atoms with E-state index < -0.39 is 36.0 Å². The van der Waals surface area contributed by atoms with Gasteiger partial charge < -0.3 is 14.5 Å². The summed E-state index contributed by atoms with van der Waals surface area (Å²) in [5.74, 6) is -0.705. The van der Waals surface area contributed by atoms with Crippen molar-refractivity contribution in [3.05, 3.63) is 35.8 Å². The molecule has 0 aliphatic heterocycles. The molecule has 2 aromatic rings. The molecule has 3 aliphatic carbocycles. The summed E-state index contributed by atoms with van der Waals surface area (Å²) in [5, 5.41) is 10.9. The highest BCUT2D eigenvalue weighted by molar-refractivity contribution is 5.93. The number of alkyl halides is 6. The first-order valence-electron chi connectivity index (χ1n) is 10.5. The number of nitrogens with one attached hydrogen (secondary N) is 1. The van der Waals surface area contributed by atoms with E-state index in [2.05, 4.69) is 30.0 Å².